The molecule has 88 valence electrons. The molecule has 0 spiro atoms. The van der Waals surface area contributed by atoms with Crippen molar-refractivity contribution in [3.05, 3.63) is 34.9 Å². The molecule has 1 heterocycles. The second kappa shape index (κ2) is 4.26. The summed E-state index contributed by atoms with van der Waals surface area (Å²) in [5, 5.41) is 0.523. The van der Waals surface area contributed by atoms with E-state index in [1.54, 1.807) is 24.3 Å². The molecule has 0 saturated carbocycles. The molecule has 0 aromatic heterocycles. The molecule has 1 unspecified atom stereocenters. The number of halogens is 4. The smallest absolute Gasteiger partial charge is 0.288 e. The maximum absolute atomic E-state index is 12.5. The van der Waals surface area contributed by atoms with Crippen molar-refractivity contribution in [3.63, 3.8) is 0 Å². The molecule has 0 aliphatic carbocycles. The van der Waals surface area contributed by atoms with Gasteiger partial charge in [0.2, 0.25) is 0 Å². The number of hydrogen-bond donors (Lipinski definition) is 0. The van der Waals surface area contributed by atoms with Gasteiger partial charge in [-0.3, -0.25) is 4.90 Å². The Balaban J connectivity index is 2.04. The second-order valence-corrected chi connectivity index (χ2v) is 4.32. The third-order valence-corrected chi connectivity index (χ3v) is 3.21. The largest absolute Gasteiger partial charge is 0.404 e. The molecule has 5 heteroatoms. The molecule has 1 aliphatic heterocycles. The van der Waals surface area contributed by atoms with Gasteiger partial charge in [-0.05, 0) is 18.1 Å². The van der Waals surface area contributed by atoms with E-state index in [4.69, 9.17) is 11.6 Å². The van der Waals surface area contributed by atoms with Crippen molar-refractivity contribution >= 4 is 11.6 Å². The maximum atomic E-state index is 12.5. The van der Waals surface area contributed by atoms with Crippen LogP contribution in [0.15, 0.2) is 24.3 Å². The Morgan fingerprint density at radius 1 is 1.31 bits per heavy atom. The molecular weight excluding hydrogens is 239 g/mol. The summed E-state index contributed by atoms with van der Waals surface area (Å²) in [6, 6.07) is 5.70. The van der Waals surface area contributed by atoms with Gasteiger partial charge in [-0.1, -0.05) is 29.8 Å². The van der Waals surface area contributed by atoms with Gasteiger partial charge in [0.15, 0.2) is 0 Å². The van der Waals surface area contributed by atoms with Crippen molar-refractivity contribution in [2.75, 3.05) is 6.54 Å². The van der Waals surface area contributed by atoms with Gasteiger partial charge in [-0.2, -0.15) is 13.2 Å². The Hall–Kier alpha value is -0.740. The van der Waals surface area contributed by atoms with E-state index < -0.39 is 12.2 Å². The second-order valence-electron chi connectivity index (χ2n) is 3.91. The van der Waals surface area contributed by atoms with E-state index in [0.29, 0.717) is 11.6 Å². The first-order chi connectivity index (χ1) is 7.48. The normalized spacial score (nSPS) is 21.9. The molecule has 1 aromatic carbocycles. The van der Waals surface area contributed by atoms with E-state index in [1.165, 1.54) is 4.90 Å². The standard InChI is InChI=1S/C11H11ClF3N/c12-9-4-2-1-3-8(9)7-16-6-5-10(16)11(13,14)15/h1-4,10H,5-7H2. The summed E-state index contributed by atoms with van der Waals surface area (Å²) in [7, 11) is 0. The van der Waals surface area contributed by atoms with Gasteiger partial charge in [0, 0.05) is 18.1 Å². The molecule has 1 aliphatic rings. The number of likely N-dealkylation sites (tertiary alicyclic amines) is 1. The summed E-state index contributed by atoms with van der Waals surface area (Å²) in [4.78, 5) is 1.40. The predicted molar refractivity (Wildman–Crippen MR) is 56.3 cm³/mol. The highest BCUT2D eigenvalue weighted by Gasteiger charge is 2.48. The van der Waals surface area contributed by atoms with Crippen LogP contribution in [-0.2, 0) is 6.54 Å². The van der Waals surface area contributed by atoms with Gasteiger partial charge in [-0.25, -0.2) is 0 Å². The lowest BCUT2D eigenvalue weighted by atomic mass is 10.0. The summed E-state index contributed by atoms with van der Waals surface area (Å²) in [6.45, 7) is 0.749. The predicted octanol–water partition coefficient (Wildman–Crippen LogP) is 3.48. The fourth-order valence-corrected chi connectivity index (χ4v) is 2.04. The van der Waals surface area contributed by atoms with Crippen molar-refractivity contribution < 1.29 is 13.2 Å². The number of alkyl halides is 3. The Bertz CT molecular complexity index is 378. The first-order valence-electron chi connectivity index (χ1n) is 5.02. The van der Waals surface area contributed by atoms with Crippen molar-refractivity contribution in [1.29, 1.82) is 0 Å². The van der Waals surface area contributed by atoms with E-state index in [0.717, 1.165) is 5.56 Å². The first kappa shape index (κ1) is 11.7. The van der Waals surface area contributed by atoms with Crippen LogP contribution in [0.4, 0.5) is 13.2 Å². The quantitative estimate of drug-likeness (QED) is 0.776. The number of hydrogen-bond acceptors (Lipinski definition) is 1. The molecule has 2 rings (SSSR count). The van der Waals surface area contributed by atoms with Gasteiger partial charge in [-0.15, -0.1) is 0 Å². The van der Waals surface area contributed by atoms with Gasteiger partial charge < -0.3 is 0 Å². The molecule has 1 nitrogen and oxygen atoms in total. The van der Waals surface area contributed by atoms with E-state index in [1.807, 2.05) is 0 Å². The average Bonchev–Trinajstić information content (AvgIpc) is 2.12. The fraction of sp³-hybridized carbons (Fsp3) is 0.455. The third-order valence-electron chi connectivity index (χ3n) is 2.84. The molecule has 0 bridgehead atoms. The summed E-state index contributed by atoms with van der Waals surface area (Å²) in [5.41, 5.74) is 0.748. The maximum Gasteiger partial charge on any atom is 0.404 e. The summed E-state index contributed by atoms with van der Waals surface area (Å²) in [5.74, 6) is 0. The van der Waals surface area contributed by atoms with Crippen LogP contribution in [0.5, 0.6) is 0 Å². The minimum atomic E-state index is -4.13. The van der Waals surface area contributed by atoms with Gasteiger partial charge >= 0.3 is 6.18 Å². The van der Waals surface area contributed by atoms with E-state index in [9.17, 15) is 13.2 Å². The Labute approximate surface area is 96.8 Å². The SMILES string of the molecule is FC(F)(F)C1CCN1Cc1ccccc1Cl. The topological polar surface area (TPSA) is 3.24 Å². The number of benzene rings is 1. The van der Waals surface area contributed by atoms with Gasteiger partial charge in [0.05, 0.1) is 0 Å². The molecule has 1 atom stereocenters. The highest BCUT2D eigenvalue weighted by Crippen LogP contribution is 2.35. The minimum absolute atomic E-state index is 0.188. The minimum Gasteiger partial charge on any atom is -0.288 e. The van der Waals surface area contributed by atoms with Crippen LogP contribution < -0.4 is 0 Å². The van der Waals surface area contributed by atoms with E-state index in [2.05, 4.69) is 0 Å². The molecule has 0 N–H and O–H groups in total. The van der Waals surface area contributed by atoms with Crippen LogP contribution in [0.3, 0.4) is 0 Å². The van der Waals surface area contributed by atoms with Crippen LogP contribution in [0, 0.1) is 0 Å². The van der Waals surface area contributed by atoms with Crippen molar-refractivity contribution in [2.24, 2.45) is 0 Å². The molecule has 16 heavy (non-hydrogen) atoms. The first-order valence-corrected chi connectivity index (χ1v) is 5.40. The lowest BCUT2D eigenvalue weighted by molar-refractivity contribution is -0.212. The monoisotopic (exact) mass is 249 g/mol. The zero-order chi connectivity index (χ0) is 11.8. The van der Waals surface area contributed by atoms with Crippen molar-refractivity contribution in [2.45, 2.75) is 25.2 Å². The Kier molecular flexibility index (Phi) is 3.13. The lowest BCUT2D eigenvalue weighted by Gasteiger charge is -2.41. The van der Waals surface area contributed by atoms with Crippen molar-refractivity contribution in [3.8, 4) is 0 Å². The van der Waals surface area contributed by atoms with Crippen LogP contribution in [0.1, 0.15) is 12.0 Å². The average molecular weight is 250 g/mol. The molecule has 0 radical (unpaired) electrons. The zero-order valence-electron chi connectivity index (χ0n) is 8.47. The van der Waals surface area contributed by atoms with Crippen molar-refractivity contribution in [1.82, 2.24) is 4.90 Å². The number of nitrogens with zero attached hydrogens (tertiary/aromatic N) is 1. The van der Waals surface area contributed by atoms with E-state index in [-0.39, 0.29) is 13.0 Å². The Morgan fingerprint density at radius 3 is 2.50 bits per heavy atom. The van der Waals surface area contributed by atoms with E-state index >= 15 is 0 Å². The van der Waals surface area contributed by atoms with Crippen LogP contribution in [0.2, 0.25) is 5.02 Å². The molecule has 0 amide bonds. The fourth-order valence-electron chi connectivity index (χ4n) is 1.85. The lowest BCUT2D eigenvalue weighted by Crippen LogP contribution is -2.55. The molecule has 1 saturated heterocycles. The summed E-state index contributed by atoms with van der Waals surface area (Å²) >= 11 is 5.90. The molecule has 1 aromatic rings. The van der Waals surface area contributed by atoms with Crippen LogP contribution >= 0.6 is 11.6 Å². The summed E-state index contributed by atoms with van der Waals surface area (Å²) < 4.78 is 37.4. The summed E-state index contributed by atoms with van der Waals surface area (Å²) in [6.07, 6.45) is -3.94. The molecule has 1 fully saturated rings. The Morgan fingerprint density at radius 2 is 2.00 bits per heavy atom. The zero-order valence-corrected chi connectivity index (χ0v) is 9.22. The highest BCUT2D eigenvalue weighted by molar-refractivity contribution is 6.31. The van der Waals surface area contributed by atoms with Gasteiger partial charge in [0.25, 0.3) is 0 Å². The third kappa shape index (κ3) is 2.33. The van der Waals surface area contributed by atoms with Gasteiger partial charge in [0.1, 0.15) is 6.04 Å². The van der Waals surface area contributed by atoms with Crippen LogP contribution in [-0.4, -0.2) is 23.7 Å². The number of rotatable bonds is 2. The molecular formula is C11H11ClF3N. The van der Waals surface area contributed by atoms with Crippen LogP contribution in [0.25, 0.3) is 0 Å². The highest BCUT2D eigenvalue weighted by atomic mass is 35.5.